The molecule has 0 aliphatic carbocycles. The molecule has 0 aliphatic heterocycles. The van der Waals surface area contributed by atoms with Crippen molar-refractivity contribution in [3.8, 4) is 16.2 Å². The third-order valence-electron chi connectivity index (χ3n) is 2.29. The topological polar surface area (TPSA) is 58.6 Å². The quantitative estimate of drug-likeness (QED) is 0.649. The van der Waals surface area contributed by atoms with Gasteiger partial charge in [-0.05, 0) is 29.8 Å². The van der Waals surface area contributed by atoms with Gasteiger partial charge in [-0.2, -0.15) is 0 Å². The number of carbonyl (C=O) groups is 1. The highest BCUT2D eigenvalue weighted by atomic mass is 32.1. The van der Waals surface area contributed by atoms with Gasteiger partial charge in [0.25, 0.3) is 5.91 Å². The molecule has 17 heavy (non-hydrogen) atoms. The van der Waals surface area contributed by atoms with Gasteiger partial charge in [-0.15, -0.1) is 11.3 Å². The van der Waals surface area contributed by atoms with Gasteiger partial charge in [0.05, 0.1) is 12.0 Å². The van der Waals surface area contributed by atoms with Crippen LogP contribution in [0.3, 0.4) is 0 Å². The lowest BCUT2D eigenvalue weighted by Gasteiger charge is -2.01. The fourth-order valence-corrected chi connectivity index (χ4v) is 2.34. The number of methoxy groups -OCH3 is 1. The third-order valence-corrected chi connectivity index (χ3v) is 3.42. The number of ether oxygens (including phenoxy) is 1. The van der Waals surface area contributed by atoms with Gasteiger partial charge in [0, 0.05) is 4.88 Å². The second-order valence-corrected chi connectivity index (χ2v) is 4.42. The molecular formula is C12H11NO3S. The summed E-state index contributed by atoms with van der Waals surface area (Å²) in [7, 11) is 1.61. The van der Waals surface area contributed by atoms with E-state index in [1.54, 1.807) is 18.7 Å². The molecule has 2 rings (SSSR count). The van der Waals surface area contributed by atoms with Gasteiger partial charge in [0.1, 0.15) is 5.75 Å². The molecule has 1 heterocycles. The molecule has 0 aliphatic rings. The zero-order chi connectivity index (χ0) is 12.3. The molecular weight excluding hydrogens is 238 g/mol. The van der Waals surface area contributed by atoms with Crippen LogP contribution in [-0.2, 0) is 0 Å². The second kappa shape index (κ2) is 4.99. The Balaban J connectivity index is 2.33. The molecule has 0 saturated carbocycles. The Kier molecular flexibility index (Phi) is 3.41. The smallest absolute Gasteiger partial charge is 0.284 e. The van der Waals surface area contributed by atoms with E-state index in [2.05, 4.69) is 0 Å². The highest BCUT2D eigenvalue weighted by molar-refractivity contribution is 7.17. The van der Waals surface area contributed by atoms with E-state index in [0.29, 0.717) is 4.88 Å². The van der Waals surface area contributed by atoms with Gasteiger partial charge in [0.2, 0.25) is 0 Å². The standard InChI is InChI=1S/C12H11NO3S/c1-16-9-4-2-3-8(7-9)10-5-6-11(17-10)12(14)13-15/h2-7,15H,1H3,(H,13,14). The van der Waals surface area contributed by atoms with Crippen molar-refractivity contribution in [1.29, 1.82) is 0 Å². The first-order chi connectivity index (χ1) is 8.24. The van der Waals surface area contributed by atoms with Crippen LogP contribution in [0.4, 0.5) is 0 Å². The lowest BCUT2D eigenvalue weighted by molar-refractivity contribution is 0.0711. The van der Waals surface area contributed by atoms with Gasteiger partial charge < -0.3 is 4.74 Å². The summed E-state index contributed by atoms with van der Waals surface area (Å²) in [6.45, 7) is 0. The van der Waals surface area contributed by atoms with Gasteiger partial charge in [-0.3, -0.25) is 10.0 Å². The number of rotatable bonds is 3. The zero-order valence-corrected chi connectivity index (χ0v) is 9.95. The van der Waals surface area contributed by atoms with Gasteiger partial charge in [-0.1, -0.05) is 12.1 Å². The normalized spacial score (nSPS) is 10.0. The van der Waals surface area contributed by atoms with E-state index in [1.807, 2.05) is 30.3 Å². The monoisotopic (exact) mass is 249 g/mol. The Morgan fingerprint density at radius 2 is 2.18 bits per heavy atom. The van der Waals surface area contributed by atoms with Crippen molar-refractivity contribution in [2.24, 2.45) is 0 Å². The molecule has 0 fully saturated rings. The molecule has 1 aromatic carbocycles. The zero-order valence-electron chi connectivity index (χ0n) is 9.14. The summed E-state index contributed by atoms with van der Waals surface area (Å²) in [5.41, 5.74) is 2.59. The first-order valence-electron chi connectivity index (χ1n) is 4.93. The van der Waals surface area contributed by atoms with Gasteiger partial charge >= 0.3 is 0 Å². The number of hydrogen-bond acceptors (Lipinski definition) is 4. The molecule has 1 aromatic heterocycles. The second-order valence-electron chi connectivity index (χ2n) is 3.34. The minimum Gasteiger partial charge on any atom is -0.497 e. The van der Waals surface area contributed by atoms with E-state index < -0.39 is 5.91 Å². The van der Waals surface area contributed by atoms with Crippen LogP contribution in [0.15, 0.2) is 36.4 Å². The maximum atomic E-state index is 11.2. The van der Waals surface area contributed by atoms with E-state index in [-0.39, 0.29) is 0 Å². The van der Waals surface area contributed by atoms with Crippen LogP contribution in [0.5, 0.6) is 5.75 Å². The van der Waals surface area contributed by atoms with E-state index >= 15 is 0 Å². The number of thiophene rings is 1. The number of amides is 1. The van der Waals surface area contributed by atoms with Crippen LogP contribution in [-0.4, -0.2) is 18.2 Å². The summed E-state index contributed by atoms with van der Waals surface area (Å²) >= 11 is 1.31. The molecule has 88 valence electrons. The summed E-state index contributed by atoms with van der Waals surface area (Å²) in [4.78, 5) is 12.6. The average molecular weight is 249 g/mol. The fourth-order valence-electron chi connectivity index (χ4n) is 1.45. The van der Waals surface area contributed by atoms with Gasteiger partial charge in [0.15, 0.2) is 0 Å². The van der Waals surface area contributed by atoms with E-state index in [1.165, 1.54) is 11.3 Å². The molecule has 0 saturated heterocycles. The van der Waals surface area contributed by atoms with Gasteiger partial charge in [-0.25, -0.2) is 5.48 Å². The molecule has 1 amide bonds. The number of nitrogens with one attached hydrogen (secondary N) is 1. The lowest BCUT2D eigenvalue weighted by atomic mass is 10.2. The predicted octanol–water partition coefficient (Wildman–Crippen LogP) is 2.54. The maximum absolute atomic E-state index is 11.2. The number of carbonyl (C=O) groups excluding carboxylic acids is 1. The molecule has 0 unspecified atom stereocenters. The highest BCUT2D eigenvalue weighted by Gasteiger charge is 2.09. The van der Waals surface area contributed by atoms with Crippen LogP contribution in [0.1, 0.15) is 9.67 Å². The third kappa shape index (κ3) is 2.46. The first-order valence-corrected chi connectivity index (χ1v) is 5.75. The molecule has 0 spiro atoms. The summed E-state index contributed by atoms with van der Waals surface area (Å²) in [5.74, 6) is 0.271. The molecule has 0 atom stereocenters. The molecule has 4 nitrogen and oxygen atoms in total. The van der Waals surface area contributed by atoms with Crippen LogP contribution in [0.2, 0.25) is 0 Å². The largest absolute Gasteiger partial charge is 0.497 e. The van der Waals surface area contributed by atoms with Crippen molar-refractivity contribution in [2.75, 3.05) is 7.11 Å². The summed E-state index contributed by atoms with van der Waals surface area (Å²) < 4.78 is 5.14. The molecule has 2 aromatic rings. The van der Waals surface area contributed by atoms with Crippen molar-refractivity contribution in [2.45, 2.75) is 0 Å². The number of hydrogen-bond donors (Lipinski definition) is 2. The molecule has 5 heteroatoms. The molecule has 2 N–H and O–H groups in total. The van der Waals surface area contributed by atoms with Crippen LogP contribution in [0, 0.1) is 0 Å². The summed E-state index contributed by atoms with van der Waals surface area (Å²) in [5, 5.41) is 8.54. The lowest BCUT2D eigenvalue weighted by Crippen LogP contribution is -2.16. The Morgan fingerprint density at radius 1 is 1.35 bits per heavy atom. The van der Waals surface area contributed by atoms with E-state index in [0.717, 1.165) is 16.2 Å². The molecule has 0 radical (unpaired) electrons. The van der Waals surface area contributed by atoms with E-state index in [9.17, 15) is 4.79 Å². The van der Waals surface area contributed by atoms with Crippen LogP contribution in [0.25, 0.3) is 10.4 Å². The summed E-state index contributed by atoms with van der Waals surface area (Å²) in [6.07, 6.45) is 0. The Labute approximate surface area is 102 Å². The Morgan fingerprint density at radius 3 is 2.88 bits per heavy atom. The number of benzene rings is 1. The number of hydroxylamine groups is 1. The van der Waals surface area contributed by atoms with Crippen molar-refractivity contribution in [1.82, 2.24) is 5.48 Å². The van der Waals surface area contributed by atoms with Crippen molar-refractivity contribution < 1.29 is 14.7 Å². The van der Waals surface area contributed by atoms with Crippen LogP contribution < -0.4 is 10.2 Å². The predicted molar refractivity (Wildman–Crippen MR) is 65.6 cm³/mol. The Hall–Kier alpha value is -1.85. The van der Waals surface area contributed by atoms with Crippen molar-refractivity contribution >= 4 is 17.2 Å². The van der Waals surface area contributed by atoms with E-state index in [4.69, 9.17) is 9.94 Å². The summed E-state index contributed by atoms with van der Waals surface area (Å²) in [6, 6.07) is 11.1. The highest BCUT2D eigenvalue weighted by Crippen LogP contribution is 2.30. The van der Waals surface area contributed by atoms with Crippen LogP contribution >= 0.6 is 11.3 Å². The first kappa shape index (κ1) is 11.6. The van der Waals surface area contributed by atoms with Crippen molar-refractivity contribution in [3.05, 3.63) is 41.3 Å². The van der Waals surface area contributed by atoms with Crippen molar-refractivity contribution in [3.63, 3.8) is 0 Å². The fraction of sp³-hybridized carbons (Fsp3) is 0.0833. The SMILES string of the molecule is COc1cccc(-c2ccc(C(=O)NO)s2)c1. The minimum atomic E-state index is -0.496. The average Bonchev–Trinajstić information content (AvgIpc) is 2.87. The molecule has 0 bridgehead atoms. The maximum Gasteiger partial charge on any atom is 0.284 e. The Bertz CT molecular complexity index is 536. The minimum absolute atomic E-state index is 0.463.